The van der Waals surface area contributed by atoms with Crippen molar-refractivity contribution in [1.82, 2.24) is 0 Å². The van der Waals surface area contributed by atoms with Crippen LogP contribution in [0.5, 0.6) is 0 Å². The van der Waals surface area contributed by atoms with Gasteiger partial charge in [-0.05, 0) is 0 Å². The summed E-state index contributed by atoms with van der Waals surface area (Å²) >= 11 is 0. The van der Waals surface area contributed by atoms with Gasteiger partial charge in [-0.15, -0.1) is 0 Å². The zero-order valence-corrected chi connectivity index (χ0v) is 9.01. The van der Waals surface area contributed by atoms with Crippen LogP contribution in [0.15, 0.2) is 0 Å². The van der Waals surface area contributed by atoms with Gasteiger partial charge in [0, 0.05) is 0 Å². The number of rotatable bonds is 0. The SMILES string of the molecule is C#C[B-](C#C)(C#C)C#C.[K+]. The first kappa shape index (κ1) is 12.6. The molecule has 2 heteroatoms. The van der Waals surface area contributed by atoms with E-state index in [9.17, 15) is 0 Å². The fourth-order valence-electron chi connectivity index (χ4n) is 0.289. The van der Waals surface area contributed by atoms with Crippen molar-refractivity contribution in [2.75, 3.05) is 0 Å². The van der Waals surface area contributed by atoms with Crippen molar-refractivity contribution < 1.29 is 51.4 Å². The number of hydrogen-bond donors (Lipinski definition) is 0. The van der Waals surface area contributed by atoms with Crippen LogP contribution in [0.4, 0.5) is 0 Å². The molecule has 0 aromatic carbocycles. The predicted octanol–water partition coefficient (Wildman–Crippen LogP) is -2.87. The second-order valence-corrected chi connectivity index (χ2v) is 1.53. The normalized spacial score (nSPS) is 6.80. The van der Waals surface area contributed by atoms with E-state index in [4.69, 9.17) is 25.7 Å². The van der Waals surface area contributed by atoms with Gasteiger partial charge in [0.2, 0.25) is 0 Å². The summed E-state index contributed by atoms with van der Waals surface area (Å²) in [6, 6.07) is 0. The Morgan fingerprint density at radius 3 is 0.900 bits per heavy atom. The van der Waals surface area contributed by atoms with E-state index in [1.54, 1.807) is 0 Å². The minimum absolute atomic E-state index is 0. The maximum absolute atomic E-state index is 4.99. The van der Waals surface area contributed by atoms with Crippen LogP contribution >= 0.6 is 0 Å². The third-order valence-electron chi connectivity index (χ3n) is 1.00. The first-order valence-electron chi connectivity index (χ1n) is 2.31. The molecular weight excluding hydrogens is 146 g/mol. The van der Waals surface area contributed by atoms with Gasteiger partial charge in [-0.25, -0.2) is 0 Å². The van der Waals surface area contributed by atoms with Crippen LogP contribution in [-0.2, 0) is 0 Å². The maximum Gasteiger partial charge on any atom is 1.00 e. The molecule has 0 aliphatic heterocycles. The van der Waals surface area contributed by atoms with E-state index in [1.807, 2.05) is 0 Å². The van der Waals surface area contributed by atoms with Crippen LogP contribution in [0.3, 0.4) is 0 Å². The third kappa shape index (κ3) is 2.68. The smallest absolute Gasteiger partial charge is 0.274 e. The van der Waals surface area contributed by atoms with Gasteiger partial charge in [0.1, 0.15) is 0 Å². The summed E-state index contributed by atoms with van der Waals surface area (Å²) in [4.78, 5) is 0. The molecule has 0 nitrogen and oxygen atoms in total. The number of hydrogen-bond acceptors (Lipinski definition) is 0. The minimum Gasteiger partial charge on any atom is -0.274 e. The molecule has 0 rings (SSSR count). The summed E-state index contributed by atoms with van der Waals surface area (Å²) in [6.07, 6.45) is 18.1. The molecule has 0 amide bonds. The van der Waals surface area contributed by atoms with Crippen molar-refractivity contribution in [3.05, 3.63) is 0 Å². The molecule has 0 atom stereocenters. The van der Waals surface area contributed by atoms with Gasteiger partial charge in [0.05, 0.1) is 0 Å². The van der Waals surface area contributed by atoms with Gasteiger partial charge in [0.25, 0.3) is 6.15 Å². The minimum atomic E-state index is -1.83. The summed E-state index contributed by atoms with van der Waals surface area (Å²) in [6.45, 7) is 0. The van der Waals surface area contributed by atoms with Crippen molar-refractivity contribution >= 4 is 6.15 Å². The second-order valence-electron chi connectivity index (χ2n) is 1.53. The first-order valence-corrected chi connectivity index (χ1v) is 2.31. The van der Waals surface area contributed by atoms with E-state index in [2.05, 4.69) is 23.3 Å². The van der Waals surface area contributed by atoms with Crippen LogP contribution < -0.4 is 51.4 Å². The van der Waals surface area contributed by atoms with Crippen LogP contribution in [0.25, 0.3) is 0 Å². The Labute approximate surface area is 105 Å². The molecule has 0 aromatic rings. The molecule has 0 aliphatic carbocycles. The van der Waals surface area contributed by atoms with Gasteiger partial charge < -0.3 is 0 Å². The summed E-state index contributed by atoms with van der Waals surface area (Å²) < 4.78 is 0. The van der Waals surface area contributed by atoms with Gasteiger partial charge in [0.15, 0.2) is 0 Å². The molecule has 0 N–H and O–H groups in total. The Morgan fingerprint density at radius 1 is 0.700 bits per heavy atom. The Kier molecular flexibility index (Phi) is 7.19. The van der Waals surface area contributed by atoms with Crippen molar-refractivity contribution in [3.8, 4) is 49.0 Å². The fraction of sp³-hybridized carbons (Fsp3) is 0. The molecule has 0 fully saturated rings. The quantitative estimate of drug-likeness (QED) is 0.257. The zero-order chi connectivity index (χ0) is 7.33. The van der Waals surface area contributed by atoms with Crippen molar-refractivity contribution in [1.29, 1.82) is 0 Å². The molecule has 0 aliphatic rings. The van der Waals surface area contributed by atoms with E-state index in [0.29, 0.717) is 0 Å². The Bertz CT molecular complexity index is 202. The van der Waals surface area contributed by atoms with Crippen LogP contribution in [0.1, 0.15) is 0 Å². The van der Waals surface area contributed by atoms with Crippen molar-refractivity contribution in [2.45, 2.75) is 0 Å². The molecule has 10 heavy (non-hydrogen) atoms. The summed E-state index contributed by atoms with van der Waals surface area (Å²) in [5, 5.41) is 0. The van der Waals surface area contributed by atoms with Crippen molar-refractivity contribution in [2.24, 2.45) is 0 Å². The van der Waals surface area contributed by atoms with Crippen LogP contribution in [0.2, 0.25) is 0 Å². The first-order chi connectivity index (χ1) is 4.24. The zero-order valence-electron chi connectivity index (χ0n) is 5.89. The molecule has 0 bridgehead atoms. The molecule has 0 heterocycles. The standard InChI is InChI=1S/C8H4B.K/c1-5-9(6-2,7-3)8-4;/h1-4H;/q-1;+1. The molecule has 0 spiro atoms. The Hall–Kier alpha value is -0.0587. The molecule has 40 valence electrons. The van der Waals surface area contributed by atoms with E-state index in [0.717, 1.165) is 0 Å². The second kappa shape index (κ2) is 5.71. The Morgan fingerprint density at radius 2 is 0.900 bits per heavy atom. The van der Waals surface area contributed by atoms with E-state index in [-0.39, 0.29) is 51.4 Å². The van der Waals surface area contributed by atoms with Gasteiger partial charge in [-0.1, -0.05) is 0 Å². The third-order valence-corrected chi connectivity index (χ3v) is 1.00. The summed E-state index contributed by atoms with van der Waals surface area (Å²) in [5.74, 6) is 8.88. The van der Waals surface area contributed by atoms with E-state index >= 15 is 0 Å². The largest absolute Gasteiger partial charge is 1.00 e. The fourth-order valence-corrected chi connectivity index (χ4v) is 0.289. The summed E-state index contributed by atoms with van der Waals surface area (Å²) in [7, 11) is 0. The van der Waals surface area contributed by atoms with Crippen molar-refractivity contribution in [3.63, 3.8) is 0 Å². The summed E-state index contributed by atoms with van der Waals surface area (Å²) in [5.41, 5.74) is 0. The molecule has 0 saturated carbocycles. The van der Waals surface area contributed by atoms with Crippen LogP contribution in [0, 0.1) is 49.0 Å². The van der Waals surface area contributed by atoms with E-state index in [1.165, 1.54) is 0 Å². The topological polar surface area (TPSA) is 0 Å². The molecule has 0 unspecified atom stereocenters. The number of terminal acetylenes is 4. The Balaban J connectivity index is 0. The van der Waals surface area contributed by atoms with Gasteiger partial charge >= 0.3 is 51.4 Å². The average molecular weight is 150 g/mol. The van der Waals surface area contributed by atoms with Gasteiger partial charge in [-0.3, -0.25) is 23.3 Å². The molecule has 0 radical (unpaired) electrons. The van der Waals surface area contributed by atoms with Gasteiger partial charge in [-0.2, -0.15) is 25.7 Å². The molecule has 0 saturated heterocycles. The predicted molar refractivity (Wildman–Crippen MR) is 41.1 cm³/mol. The molecular formula is C8H4BK. The molecule has 0 aromatic heterocycles. The van der Waals surface area contributed by atoms with E-state index < -0.39 is 6.15 Å². The van der Waals surface area contributed by atoms with Crippen LogP contribution in [-0.4, -0.2) is 6.15 Å². The average Bonchev–Trinajstić information content (AvgIpc) is 1.95. The maximum atomic E-state index is 4.99. The monoisotopic (exact) mass is 150 g/mol.